The number of hydrogen-bond acceptors (Lipinski definition) is 7. The molecule has 0 aliphatic heterocycles. The lowest BCUT2D eigenvalue weighted by Gasteiger charge is -2.26. The quantitative estimate of drug-likeness (QED) is 0.671. The van der Waals surface area contributed by atoms with Gasteiger partial charge in [0.25, 0.3) is 0 Å². The molecule has 1 fully saturated rings. The van der Waals surface area contributed by atoms with Crippen LogP contribution < -0.4 is 15.4 Å². The van der Waals surface area contributed by atoms with Gasteiger partial charge in [0.2, 0.25) is 11.9 Å². The second-order valence-corrected chi connectivity index (χ2v) is 5.61. The Morgan fingerprint density at radius 3 is 2.38 bits per heavy atom. The van der Waals surface area contributed by atoms with Gasteiger partial charge in [-0.1, -0.05) is 19.8 Å². The smallest absolute Gasteiger partial charge is 0.322 e. The predicted octanol–water partition coefficient (Wildman–Crippen LogP) is 1.67. The Hall–Kier alpha value is -1.63. The monoisotopic (exact) mass is 295 g/mol. The fraction of sp³-hybridized carbons (Fsp3) is 0.786. The highest BCUT2D eigenvalue weighted by Crippen LogP contribution is 2.37. The van der Waals surface area contributed by atoms with Crippen molar-refractivity contribution >= 4 is 11.9 Å². The lowest BCUT2D eigenvalue weighted by molar-refractivity contribution is 0.142. The van der Waals surface area contributed by atoms with Crippen LogP contribution in [0.4, 0.5) is 11.9 Å². The largest absolute Gasteiger partial charge is 0.467 e. The fourth-order valence-electron chi connectivity index (χ4n) is 2.63. The molecular formula is C14H25N5O2. The third-order valence-corrected chi connectivity index (χ3v) is 3.95. The number of nitrogens with zero attached hydrogens (tertiary/aromatic N) is 3. The number of ether oxygens (including phenoxy) is 1. The molecule has 7 heteroatoms. The van der Waals surface area contributed by atoms with Crippen molar-refractivity contribution in [3.63, 3.8) is 0 Å². The number of methoxy groups -OCH3 is 1. The first-order valence-electron chi connectivity index (χ1n) is 7.60. The molecule has 1 aromatic heterocycles. The van der Waals surface area contributed by atoms with E-state index in [-0.39, 0.29) is 18.0 Å². The fourth-order valence-corrected chi connectivity index (χ4v) is 2.63. The summed E-state index contributed by atoms with van der Waals surface area (Å²) in [6.45, 7) is 3.75. The zero-order valence-corrected chi connectivity index (χ0v) is 12.9. The molecule has 3 N–H and O–H groups in total. The Morgan fingerprint density at radius 2 is 1.81 bits per heavy atom. The molecule has 0 atom stereocenters. The number of nitrogens with one attached hydrogen (secondary N) is 2. The molecule has 0 aromatic carbocycles. The Labute approximate surface area is 125 Å². The van der Waals surface area contributed by atoms with Crippen LogP contribution in [0.15, 0.2) is 0 Å². The van der Waals surface area contributed by atoms with Crippen molar-refractivity contribution in [3.05, 3.63) is 0 Å². The van der Waals surface area contributed by atoms with Gasteiger partial charge in [-0.2, -0.15) is 15.0 Å². The maximum Gasteiger partial charge on any atom is 0.322 e. The summed E-state index contributed by atoms with van der Waals surface area (Å²) >= 11 is 0. The molecule has 1 aliphatic carbocycles. The second kappa shape index (κ2) is 7.40. The number of rotatable bonds is 8. The van der Waals surface area contributed by atoms with Gasteiger partial charge in [0.15, 0.2) is 0 Å². The molecule has 118 valence electrons. The standard InChI is InChI=1S/C14H25N5O2/c1-3-8-15-11-17-12(19-13(18-11)21-2)16-9-14(10-20)6-4-5-7-14/h20H,3-10H2,1-2H3,(H2,15,16,17,18,19). The van der Waals surface area contributed by atoms with E-state index in [0.717, 1.165) is 25.8 Å². The van der Waals surface area contributed by atoms with Gasteiger partial charge >= 0.3 is 6.01 Å². The maximum absolute atomic E-state index is 9.64. The number of aliphatic hydroxyl groups is 1. The highest BCUT2D eigenvalue weighted by atomic mass is 16.5. The average molecular weight is 295 g/mol. The molecule has 0 radical (unpaired) electrons. The zero-order chi connectivity index (χ0) is 15.1. The molecule has 1 aromatic rings. The molecular weight excluding hydrogens is 270 g/mol. The lowest BCUT2D eigenvalue weighted by Crippen LogP contribution is -2.31. The van der Waals surface area contributed by atoms with E-state index in [1.165, 1.54) is 20.0 Å². The summed E-state index contributed by atoms with van der Waals surface area (Å²) in [6, 6.07) is 0.288. The number of aliphatic hydroxyl groups excluding tert-OH is 1. The second-order valence-electron chi connectivity index (χ2n) is 5.61. The third-order valence-electron chi connectivity index (χ3n) is 3.95. The van der Waals surface area contributed by atoms with E-state index in [1.807, 2.05) is 0 Å². The molecule has 1 saturated carbocycles. The topological polar surface area (TPSA) is 92.2 Å². The summed E-state index contributed by atoms with van der Waals surface area (Å²) in [5, 5.41) is 16.0. The van der Waals surface area contributed by atoms with E-state index >= 15 is 0 Å². The summed E-state index contributed by atoms with van der Waals surface area (Å²) in [5.41, 5.74) is -0.0448. The minimum absolute atomic E-state index is 0.0448. The molecule has 21 heavy (non-hydrogen) atoms. The molecule has 0 saturated heterocycles. The van der Waals surface area contributed by atoms with Crippen molar-refractivity contribution in [2.45, 2.75) is 39.0 Å². The molecule has 0 unspecified atom stereocenters. The summed E-state index contributed by atoms with van der Waals surface area (Å²) in [7, 11) is 1.54. The van der Waals surface area contributed by atoms with Crippen LogP contribution in [0.1, 0.15) is 39.0 Å². The van der Waals surface area contributed by atoms with Crippen LogP contribution in [0.25, 0.3) is 0 Å². The van der Waals surface area contributed by atoms with Crippen LogP contribution in [0.3, 0.4) is 0 Å². The molecule has 0 bridgehead atoms. The molecule has 2 rings (SSSR count). The third kappa shape index (κ3) is 4.17. The van der Waals surface area contributed by atoms with Crippen LogP contribution in [-0.2, 0) is 0 Å². The first-order chi connectivity index (χ1) is 10.2. The summed E-state index contributed by atoms with van der Waals surface area (Å²) < 4.78 is 5.11. The van der Waals surface area contributed by atoms with Gasteiger partial charge in [-0.25, -0.2) is 0 Å². The van der Waals surface area contributed by atoms with Crippen molar-refractivity contribution < 1.29 is 9.84 Å². The van der Waals surface area contributed by atoms with E-state index in [4.69, 9.17) is 4.74 Å². The molecule has 1 aliphatic rings. The highest BCUT2D eigenvalue weighted by Gasteiger charge is 2.33. The van der Waals surface area contributed by atoms with E-state index in [9.17, 15) is 5.11 Å². The first kappa shape index (κ1) is 15.8. The summed E-state index contributed by atoms with van der Waals surface area (Å²) in [4.78, 5) is 12.7. The minimum atomic E-state index is -0.0448. The molecule has 0 amide bonds. The Kier molecular flexibility index (Phi) is 5.55. The van der Waals surface area contributed by atoms with Gasteiger partial charge < -0.3 is 20.5 Å². The van der Waals surface area contributed by atoms with E-state index in [1.54, 1.807) is 0 Å². The number of hydrogen-bond donors (Lipinski definition) is 3. The van der Waals surface area contributed by atoms with E-state index < -0.39 is 0 Å². The van der Waals surface area contributed by atoms with Gasteiger partial charge in [0, 0.05) is 18.5 Å². The van der Waals surface area contributed by atoms with E-state index in [2.05, 4.69) is 32.5 Å². The van der Waals surface area contributed by atoms with Crippen LogP contribution in [0, 0.1) is 5.41 Å². The SMILES string of the molecule is CCCNc1nc(NCC2(CO)CCCC2)nc(OC)n1. The number of anilines is 2. The van der Waals surface area contributed by atoms with Crippen molar-refractivity contribution in [2.75, 3.05) is 37.4 Å². The van der Waals surface area contributed by atoms with Crippen LogP contribution in [0.5, 0.6) is 6.01 Å². The summed E-state index contributed by atoms with van der Waals surface area (Å²) in [6.07, 6.45) is 5.42. The van der Waals surface area contributed by atoms with E-state index in [0.29, 0.717) is 18.4 Å². The Balaban J connectivity index is 2.04. The van der Waals surface area contributed by atoms with Crippen molar-refractivity contribution in [1.29, 1.82) is 0 Å². The minimum Gasteiger partial charge on any atom is -0.467 e. The van der Waals surface area contributed by atoms with Crippen LogP contribution >= 0.6 is 0 Å². The van der Waals surface area contributed by atoms with Gasteiger partial charge in [-0.05, 0) is 19.3 Å². The van der Waals surface area contributed by atoms with Crippen molar-refractivity contribution in [2.24, 2.45) is 5.41 Å². The van der Waals surface area contributed by atoms with Crippen LogP contribution in [0.2, 0.25) is 0 Å². The molecule has 1 heterocycles. The first-order valence-corrected chi connectivity index (χ1v) is 7.60. The predicted molar refractivity (Wildman–Crippen MR) is 81.6 cm³/mol. The summed E-state index contributed by atoms with van der Waals surface area (Å²) in [5.74, 6) is 0.996. The Bertz CT molecular complexity index is 449. The normalized spacial score (nSPS) is 16.7. The van der Waals surface area contributed by atoms with Gasteiger partial charge in [-0.3, -0.25) is 0 Å². The average Bonchev–Trinajstić information content (AvgIpc) is 3.00. The van der Waals surface area contributed by atoms with Gasteiger partial charge in [0.05, 0.1) is 13.7 Å². The maximum atomic E-state index is 9.64. The Morgan fingerprint density at radius 1 is 1.14 bits per heavy atom. The lowest BCUT2D eigenvalue weighted by atomic mass is 9.87. The highest BCUT2D eigenvalue weighted by molar-refractivity contribution is 5.36. The number of aromatic nitrogens is 3. The zero-order valence-electron chi connectivity index (χ0n) is 12.9. The van der Waals surface area contributed by atoms with Crippen molar-refractivity contribution in [1.82, 2.24) is 15.0 Å². The van der Waals surface area contributed by atoms with Gasteiger partial charge in [-0.15, -0.1) is 0 Å². The molecule has 0 spiro atoms. The van der Waals surface area contributed by atoms with Gasteiger partial charge in [0.1, 0.15) is 0 Å². The molecule has 7 nitrogen and oxygen atoms in total. The van der Waals surface area contributed by atoms with Crippen LogP contribution in [-0.4, -0.2) is 46.9 Å². The van der Waals surface area contributed by atoms with Crippen molar-refractivity contribution in [3.8, 4) is 6.01 Å².